The average Bonchev–Trinajstić information content (AvgIpc) is 3.28. The monoisotopic (exact) mass is 378 g/mol. The molecule has 134 valence electrons. The van der Waals surface area contributed by atoms with E-state index < -0.39 is 0 Å². The molecule has 5 nitrogen and oxygen atoms in total. The molecule has 0 bridgehead atoms. The Balaban J connectivity index is 1.41. The van der Waals surface area contributed by atoms with Gasteiger partial charge in [-0.1, -0.05) is 41.8 Å². The van der Waals surface area contributed by atoms with Crippen LogP contribution in [0.1, 0.15) is 31.2 Å². The Bertz CT molecular complexity index is 740. The van der Waals surface area contributed by atoms with E-state index in [1.54, 1.807) is 11.3 Å². The zero-order chi connectivity index (χ0) is 17.4. The van der Waals surface area contributed by atoms with Crippen LogP contribution in [0.25, 0.3) is 10.2 Å². The number of nitrogens with zero attached hydrogens (tertiary/aromatic N) is 3. The number of rotatable bonds is 2. The van der Waals surface area contributed by atoms with E-state index in [1.165, 1.54) is 12.8 Å². The van der Waals surface area contributed by atoms with Gasteiger partial charge in [-0.3, -0.25) is 0 Å². The van der Waals surface area contributed by atoms with Gasteiger partial charge >= 0.3 is 6.03 Å². The Morgan fingerprint density at radius 2 is 1.96 bits per heavy atom. The van der Waals surface area contributed by atoms with E-state index in [-0.39, 0.29) is 6.03 Å². The predicted octanol–water partition coefficient (Wildman–Crippen LogP) is 4.03. The van der Waals surface area contributed by atoms with Crippen molar-refractivity contribution in [2.24, 2.45) is 0 Å². The van der Waals surface area contributed by atoms with Crippen LogP contribution in [0.3, 0.4) is 0 Å². The smallest absolute Gasteiger partial charge is 0.317 e. The van der Waals surface area contributed by atoms with Crippen molar-refractivity contribution < 1.29 is 4.79 Å². The Morgan fingerprint density at radius 1 is 1.24 bits per heavy atom. The molecule has 1 aromatic heterocycles. The fourth-order valence-corrected chi connectivity index (χ4v) is 5.03. The van der Waals surface area contributed by atoms with Crippen LogP contribution < -0.4 is 10.2 Å². The lowest BCUT2D eigenvalue weighted by atomic mass is 10.2. The number of thiazole rings is 1. The number of urea groups is 1. The van der Waals surface area contributed by atoms with Crippen molar-refractivity contribution in [1.82, 2.24) is 15.2 Å². The zero-order valence-corrected chi connectivity index (χ0v) is 16.0. The first-order valence-corrected chi connectivity index (χ1v) is 10.2. The van der Waals surface area contributed by atoms with Gasteiger partial charge in [0, 0.05) is 32.2 Å². The Morgan fingerprint density at radius 3 is 2.64 bits per heavy atom. The molecule has 2 aliphatic rings. The minimum Gasteiger partial charge on any atom is -0.345 e. The maximum Gasteiger partial charge on any atom is 0.317 e. The van der Waals surface area contributed by atoms with E-state index in [0.717, 1.165) is 65.0 Å². The second-order valence-electron chi connectivity index (χ2n) is 6.94. The SMILES string of the molecule is Cc1ccc(Cl)c2sc(N3CCN(C(=O)NC4CCCC4)CC3)nc12. The largest absolute Gasteiger partial charge is 0.345 e. The molecule has 1 N–H and O–H groups in total. The molecular weight excluding hydrogens is 356 g/mol. The maximum absolute atomic E-state index is 12.4. The van der Waals surface area contributed by atoms with Gasteiger partial charge in [-0.05, 0) is 31.4 Å². The van der Waals surface area contributed by atoms with Gasteiger partial charge < -0.3 is 15.1 Å². The number of aromatic nitrogens is 1. The normalized spacial score (nSPS) is 19.0. The highest BCUT2D eigenvalue weighted by molar-refractivity contribution is 7.22. The molecule has 0 unspecified atom stereocenters. The number of halogens is 1. The summed E-state index contributed by atoms with van der Waals surface area (Å²) in [7, 11) is 0. The topological polar surface area (TPSA) is 48.5 Å². The van der Waals surface area contributed by atoms with E-state index in [4.69, 9.17) is 16.6 Å². The summed E-state index contributed by atoms with van der Waals surface area (Å²) in [5.74, 6) is 0. The number of carbonyl (C=O) groups excluding carboxylic acids is 1. The standard InChI is InChI=1S/C18H23ClN4OS/c1-12-6-7-14(19)16-15(12)21-18(25-16)23-10-8-22(9-11-23)17(24)20-13-4-2-3-5-13/h6-7,13H,2-5,8-11H2,1H3,(H,20,24). The number of carbonyl (C=O) groups is 1. The molecule has 1 saturated carbocycles. The van der Waals surface area contributed by atoms with E-state index in [0.29, 0.717) is 6.04 Å². The number of fused-ring (bicyclic) bond motifs is 1. The first-order chi connectivity index (χ1) is 12.1. The number of nitrogens with one attached hydrogen (secondary N) is 1. The third-order valence-corrected chi connectivity index (χ3v) is 6.78. The van der Waals surface area contributed by atoms with E-state index in [2.05, 4.69) is 17.1 Å². The summed E-state index contributed by atoms with van der Waals surface area (Å²) in [5.41, 5.74) is 2.14. The molecule has 2 amide bonds. The number of piperazine rings is 1. The van der Waals surface area contributed by atoms with Crippen molar-refractivity contribution in [3.8, 4) is 0 Å². The molecule has 2 aromatic rings. The Labute approximate surface area is 157 Å². The highest BCUT2D eigenvalue weighted by Gasteiger charge is 2.26. The van der Waals surface area contributed by atoms with Crippen molar-refractivity contribution in [2.45, 2.75) is 38.6 Å². The van der Waals surface area contributed by atoms with Crippen LogP contribution in [0.5, 0.6) is 0 Å². The lowest BCUT2D eigenvalue weighted by Gasteiger charge is -2.35. The van der Waals surface area contributed by atoms with Crippen LogP contribution in [0.4, 0.5) is 9.93 Å². The van der Waals surface area contributed by atoms with Gasteiger partial charge in [0.2, 0.25) is 0 Å². The van der Waals surface area contributed by atoms with Crippen LogP contribution in [-0.4, -0.2) is 48.1 Å². The van der Waals surface area contributed by atoms with Gasteiger partial charge in [0.15, 0.2) is 5.13 Å². The third kappa shape index (κ3) is 3.42. The minimum absolute atomic E-state index is 0.0924. The van der Waals surface area contributed by atoms with Crippen LogP contribution in [0.15, 0.2) is 12.1 Å². The van der Waals surface area contributed by atoms with Gasteiger partial charge in [-0.15, -0.1) is 0 Å². The fraction of sp³-hybridized carbons (Fsp3) is 0.556. The van der Waals surface area contributed by atoms with Crippen LogP contribution in [-0.2, 0) is 0 Å². The van der Waals surface area contributed by atoms with Crippen molar-refractivity contribution in [1.29, 1.82) is 0 Å². The minimum atomic E-state index is 0.0924. The van der Waals surface area contributed by atoms with Gasteiger partial charge in [0.1, 0.15) is 0 Å². The van der Waals surface area contributed by atoms with Crippen LogP contribution in [0, 0.1) is 6.92 Å². The molecule has 2 fully saturated rings. The van der Waals surface area contributed by atoms with E-state index in [1.807, 2.05) is 17.0 Å². The molecule has 1 saturated heterocycles. The molecule has 25 heavy (non-hydrogen) atoms. The number of hydrogen-bond donors (Lipinski definition) is 1. The summed E-state index contributed by atoms with van der Waals surface area (Å²) in [4.78, 5) is 21.4. The summed E-state index contributed by atoms with van der Waals surface area (Å²) in [6, 6.07) is 4.42. The van der Waals surface area contributed by atoms with Crippen molar-refractivity contribution in [2.75, 3.05) is 31.1 Å². The summed E-state index contributed by atoms with van der Waals surface area (Å²) in [6.07, 6.45) is 4.71. The second kappa shape index (κ2) is 7.00. The second-order valence-corrected chi connectivity index (χ2v) is 8.33. The molecule has 0 spiro atoms. The van der Waals surface area contributed by atoms with Gasteiger partial charge in [0.05, 0.1) is 15.2 Å². The Kier molecular flexibility index (Phi) is 4.73. The summed E-state index contributed by atoms with van der Waals surface area (Å²) >= 11 is 7.96. The average molecular weight is 379 g/mol. The zero-order valence-electron chi connectivity index (χ0n) is 14.4. The molecule has 7 heteroatoms. The van der Waals surface area contributed by atoms with Gasteiger partial charge in [-0.25, -0.2) is 9.78 Å². The molecule has 1 aromatic carbocycles. The molecule has 1 aliphatic carbocycles. The number of aryl methyl sites for hydroxylation is 1. The molecular formula is C18H23ClN4OS. The van der Waals surface area contributed by atoms with E-state index >= 15 is 0 Å². The quantitative estimate of drug-likeness (QED) is 0.858. The number of benzene rings is 1. The third-order valence-electron chi connectivity index (χ3n) is 5.21. The maximum atomic E-state index is 12.4. The Hall–Kier alpha value is -1.53. The van der Waals surface area contributed by atoms with Crippen molar-refractivity contribution in [3.63, 3.8) is 0 Å². The number of hydrogen-bond acceptors (Lipinski definition) is 4. The summed E-state index contributed by atoms with van der Waals surface area (Å²) in [6.45, 7) is 5.17. The molecule has 0 radical (unpaired) electrons. The van der Waals surface area contributed by atoms with Gasteiger partial charge in [-0.2, -0.15) is 0 Å². The van der Waals surface area contributed by atoms with Crippen molar-refractivity contribution >= 4 is 44.3 Å². The molecule has 0 atom stereocenters. The number of amides is 2. The van der Waals surface area contributed by atoms with Crippen LogP contribution in [0.2, 0.25) is 5.02 Å². The summed E-state index contributed by atoms with van der Waals surface area (Å²) < 4.78 is 1.05. The first-order valence-electron chi connectivity index (χ1n) is 8.98. The molecule has 2 heterocycles. The van der Waals surface area contributed by atoms with Gasteiger partial charge in [0.25, 0.3) is 0 Å². The highest BCUT2D eigenvalue weighted by atomic mass is 35.5. The number of anilines is 1. The first kappa shape index (κ1) is 16.9. The fourth-order valence-electron chi connectivity index (χ4n) is 3.66. The summed E-state index contributed by atoms with van der Waals surface area (Å²) in [5, 5.41) is 4.94. The molecule has 1 aliphatic heterocycles. The lowest BCUT2D eigenvalue weighted by molar-refractivity contribution is 0.190. The highest BCUT2D eigenvalue weighted by Crippen LogP contribution is 2.35. The molecule has 4 rings (SSSR count). The van der Waals surface area contributed by atoms with E-state index in [9.17, 15) is 4.79 Å². The van der Waals surface area contributed by atoms with Crippen LogP contribution >= 0.6 is 22.9 Å². The lowest BCUT2D eigenvalue weighted by Crippen LogP contribution is -2.53. The predicted molar refractivity (Wildman–Crippen MR) is 104 cm³/mol. The van der Waals surface area contributed by atoms with Crippen molar-refractivity contribution in [3.05, 3.63) is 22.7 Å².